The zero-order valence-electron chi connectivity index (χ0n) is 16.1. The lowest BCUT2D eigenvalue weighted by atomic mass is 9.76. The van der Waals surface area contributed by atoms with Crippen molar-refractivity contribution < 1.29 is 4.74 Å². The maximum absolute atomic E-state index is 5.23. The van der Waals surface area contributed by atoms with E-state index in [2.05, 4.69) is 47.8 Å². The molecule has 0 radical (unpaired) electrons. The summed E-state index contributed by atoms with van der Waals surface area (Å²) in [7, 11) is 1.71. The van der Waals surface area contributed by atoms with Crippen molar-refractivity contribution in [1.29, 1.82) is 0 Å². The van der Waals surface area contributed by atoms with Gasteiger partial charge in [-0.3, -0.25) is 0 Å². The molecule has 2 nitrogen and oxygen atoms in total. The SMILES string of the molecule is COc1ccc(CNCCC(Cc2ccccc2)C2CCCCC2)cc1. The zero-order chi connectivity index (χ0) is 18.0. The lowest BCUT2D eigenvalue weighted by Crippen LogP contribution is -2.25. The van der Waals surface area contributed by atoms with E-state index in [1.54, 1.807) is 7.11 Å². The van der Waals surface area contributed by atoms with Gasteiger partial charge in [0.2, 0.25) is 0 Å². The molecule has 140 valence electrons. The predicted molar refractivity (Wildman–Crippen MR) is 110 cm³/mol. The van der Waals surface area contributed by atoms with E-state index < -0.39 is 0 Å². The Morgan fingerprint density at radius 3 is 2.35 bits per heavy atom. The van der Waals surface area contributed by atoms with Crippen LogP contribution in [0.4, 0.5) is 0 Å². The van der Waals surface area contributed by atoms with Crippen LogP contribution in [0.3, 0.4) is 0 Å². The summed E-state index contributed by atoms with van der Waals surface area (Å²) in [6.07, 6.45) is 9.64. The first-order valence-corrected chi connectivity index (χ1v) is 10.2. The average molecular weight is 352 g/mol. The van der Waals surface area contributed by atoms with Crippen LogP contribution in [0.25, 0.3) is 0 Å². The average Bonchev–Trinajstić information content (AvgIpc) is 2.72. The van der Waals surface area contributed by atoms with E-state index >= 15 is 0 Å². The standard InChI is InChI=1S/C24H33NO/c1-26-24-14-12-21(13-15-24)19-25-17-16-23(22-10-6-3-7-11-22)18-20-8-4-2-5-9-20/h2,4-5,8-9,12-15,22-23,25H,3,6-7,10-11,16-19H2,1H3. The number of methoxy groups -OCH3 is 1. The molecule has 2 aromatic rings. The van der Waals surface area contributed by atoms with Crippen LogP contribution in [0.15, 0.2) is 54.6 Å². The van der Waals surface area contributed by atoms with E-state index in [1.807, 2.05) is 12.1 Å². The summed E-state index contributed by atoms with van der Waals surface area (Å²) in [5.41, 5.74) is 2.82. The van der Waals surface area contributed by atoms with Crippen molar-refractivity contribution in [3.8, 4) is 5.75 Å². The second-order valence-electron chi connectivity index (χ2n) is 7.66. The van der Waals surface area contributed by atoms with E-state index in [4.69, 9.17) is 4.74 Å². The summed E-state index contributed by atoms with van der Waals surface area (Å²) < 4.78 is 5.23. The Morgan fingerprint density at radius 1 is 0.923 bits per heavy atom. The van der Waals surface area contributed by atoms with Crippen molar-refractivity contribution in [3.63, 3.8) is 0 Å². The van der Waals surface area contributed by atoms with Gasteiger partial charge < -0.3 is 10.1 Å². The lowest BCUT2D eigenvalue weighted by Gasteiger charge is -2.30. The van der Waals surface area contributed by atoms with Gasteiger partial charge in [-0.25, -0.2) is 0 Å². The first-order valence-electron chi connectivity index (χ1n) is 10.2. The molecule has 1 unspecified atom stereocenters. The van der Waals surface area contributed by atoms with E-state index in [0.29, 0.717) is 0 Å². The molecule has 1 fully saturated rings. The van der Waals surface area contributed by atoms with Crippen LogP contribution < -0.4 is 10.1 Å². The van der Waals surface area contributed by atoms with Gasteiger partial charge in [0.1, 0.15) is 5.75 Å². The number of hydrogen-bond acceptors (Lipinski definition) is 2. The molecule has 0 spiro atoms. The van der Waals surface area contributed by atoms with Gasteiger partial charge >= 0.3 is 0 Å². The maximum Gasteiger partial charge on any atom is 0.118 e. The van der Waals surface area contributed by atoms with Crippen molar-refractivity contribution in [2.24, 2.45) is 11.8 Å². The number of nitrogens with one attached hydrogen (secondary N) is 1. The highest BCUT2D eigenvalue weighted by Gasteiger charge is 2.23. The smallest absolute Gasteiger partial charge is 0.118 e. The van der Waals surface area contributed by atoms with Crippen molar-refractivity contribution in [2.45, 2.75) is 51.5 Å². The molecule has 1 aliphatic carbocycles. The van der Waals surface area contributed by atoms with E-state index in [1.165, 1.54) is 56.1 Å². The largest absolute Gasteiger partial charge is 0.497 e. The molecule has 0 bridgehead atoms. The second kappa shape index (κ2) is 10.4. The third kappa shape index (κ3) is 5.88. The quantitative estimate of drug-likeness (QED) is 0.593. The van der Waals surface area contributed by atoms with Crippen molar-refractivity contribution in [2.75, 3.05) is 13.7 Å². The Labute approximate surface area is 159 Å². The number of rotatable bonds is 9. The van der Waals surface area contributed by atoms with Gasteiger partial charge in [-0.15, -0.1) is 0 Å². The minimum atomic E-state index is 0.807. The molecule has 2 aromatic carbocycles. The molecule has 1 N–H and O–H groups in total. The normalized spacial score (nSPS) is 16.3. The van der Waals surface area contributed by atoms with Crippen LogP contribution in [0, 0.1) is 11.8 Å². The van der Waals surface area contributed by atoms with Crippen LogP contribution in [0.5, 0.6) is 5.75 Å². The summed E-state index contributed by atoms with van der Waals surface area (Å²) in [4.78, 5) is 0. The van der Waals surface area contributed by atoms with Gasteiger partial charge in [-0.1, -0.05) is 74.6 Å². The molecule has 26 heavy (non-hydrogen) atoms. The molecule has 0 aromatic heterocycles. The molecule has 1 saturated carbocycles. The Hall–Kier alpha value is -1.80. The van der Waals surface area contributed by atoms with Crippen molar-refractivity contribution in [3.05, 3.63) is 65.7 Å². The molecule has 3 rings (SSSR count). The summed E-state index contributed by atoms with van der Waals surface area (Å²) in [6, 6.07) is 19.4. The number of hydrogen-bond donors (Lipinski definition) is 1. The molecule has 2 heteroatoms. The van der Waals surface area contributed by atoms with E-state index in [9.17, 15) is 0 Å². The molecule has 1 aliphatic rings. The highest BCUT2D eigenvalue weighted by molar-refractivity contribution is 5.27. The Kier molecular flexibility index (Phi) is 7.57. The Bertz CT molecular complexity index is 616. The first kappa shape index (κ1) is 19.0. The molecule has 0 aliphatic heterocycles. The van der Waals surface area contributed by atoms with Crippen molar-refractivity contribution >= 4 is 0 Å². The second-order valence-corrected chi connectivity index (χ2v) is 7.66. The fourth-order valence-corrected chi connectivity index (χ4v) is 4.29. The highest BCUT2D eigenvalue weighted by atomic mass is 16.5. The topological polar surface area (TPSA) is 21.3 Å². The van der Waals surface area contributed by atoms with Gasteiger partial charge in [-0.2, -0.15) is 0 Å². The lowest BCUT2D eigenvalue weighted by molar-refractivity contribution is 0.233. The molecule has 1 atom stereocenters. The molecular weight excluding hydrogens is 318 g/mol. The number of benzene rings is 2. The van der Waals surface area contributed by atoms with Gasteiger partial charge in [0.15, 0.2) is 0 Å². The monoisotopic (exact) mass is 351 g/mol. The van der Waals surface area contributed by atoms with Gasteiger partial charge in [0, 0.05) is 6.54 Å². The minimum Gasteiger partial charge on any atom is -0.497 e. The summed E-state index contributed by atoms with van der Waals surface area (Å²) in [5.74, 6) is 2.64. The predicted octanol–water partition coefficient (Wildman–Crippen LogP) is 5.61. The van der Waals surface area contributed by atoms with E-state index in [0.717, 1.165) is 30.7 Å². The van der Waals surface area contributed by atoms with Crippen LogP contribution in [-0.4, -0.2) is 13.7 Å². The highest BCUT2D eigenvalue weighted by Crippen LogP contribution is 2.33. The number of ether oxygens (including phenoxy) is 1. The molecule has 0 saturated heterocycles. The fraction of sp³-hybridized carbons (Fsp3) is 0.500. The van der Waals surface area contributed by atoms with Crippen LogP contribution >= 0.6 is 0 Å². The Morgan fingerprint density at radius 2 is 1.65 bits per heavy atom. The minimum absolute atomic E-state index is 0.807. The fourth-order valence-electron chi connectivity index (χ4n) is 4.29. The van der Waals surface area contributed by atoms with Gasteiger partial charge in [0.05, 0.1) is 7.11 Å². The first-order chi connectivity index (χ1) is 12.8. The van der Waals surface area contributed by atoms with Gasteiger partial charge in [-0.05, 0) is 54.5 Å². The summed E-state index contributed by atoms with van der Waals surface area (Å²) in [5, 5.41) is 3.65. The summed E-state index contributed by atoms with van der Waals surface area (Å²) in [6.45, 7) is 2.03. The molecule has 0 heterocycles. The molecule has 0 amide bonds. The third-order valence-electron chi connectivity index (χ3n) is 5.84. The van der Waals surface area contributed by atoms with Crippen molar-refractivity contribution in [1.82, 2.24) is 5.32 Å². The molecular formula is C24H33NO. The summed E-state index contributed by atoms with van der Waals surface area (Å²) >= 11 is 0. The van der Waals surface area contributed by atoms with Crippen LogP contribution in [0.2, 0.25) is 0 Å². The van der Waals surface area contributed by atoms with Gasteiger partial charge in [0.25, 0.3) is 0 Å². The third-order valence-corrected chi connectivity index (χ3v) is 5.84. The van der Waals surface area contributed by atoms with Crippen LogP contribution in [0.1, 0.15) is 49.7 Å². The maximum atomic E-state index is 5.23. The Balaban J connectivity index is 1.49. The van der Waals surface area contributed by atoms with E-state index in [-0.39, 0.29) is 0 Å². The zero-order valence-corrected chi connectivity index (χ0v) is 16.1. The van der Waals surface area contributed by atoms with Crippen LogP contribution in [-0.2, 0) is 13.0 Å².